The van der Waals surface area contributed by atoms with Crippen LogP contribution in [0.25, 0.3) is 44.7 Å². The molecular weight excluding hydrogens is 498 g/mol. The highest BCUT2D eigenvalue weighted by molar-refractivity contribution is 6.03. The summed E-state index contributed by atoms with van der Waals surface area (Å²) in [4.78, 5) is 15.6. The Hall–Kier alpha value is -5.41. The van der Waals surface area contributed by atoms with Gasteiger partial charge in [0.05, 0.1) is 0 Å². The number of rotatable bonds is 4. The van der Waals surface area contributed by atoms with Gasteiger partial charge in [0.1, 0.15) is 5.41 Å². The van der Waals surface area contributed by atoms with Crippen molar-refractivity contribution in [1.29, 1.82) is 0 Å². The summed E-state index contributed by atoms with van der Waals surface area (Å²) in [5.41, 5.74) is 7.15. The zero-order valence-corrected chi connectivity index (χ0v) is 22.3. The summed E-state index contributed by atoms with van der Waals surface area (Å²) >= 11 is 0. The van der Waals surface area contributed by atoms with Crippen molar-refractivity contribution in [2.75, 3.05) is 0 Å². The molecular formula is C38H25N3. The van der Waals surface area contributed by atoms with Crippen LogP contribution in [0.3, 0.4) is 0 Å². The predicted octanol–water partition coefficient (Wildman–Crippen LogP) is 8.72. The molecule has 0 N–H and O–H groups in total. The van der Waals surface area contributed by atoms with Gasteiger partial charge in [-0.3, -0.25) is 0 Å². The van der Waals surface area contributed by atoms with Crippen LogP contribution in [0.1, 0.15) is 22.5 Å². The average molecular weight is 524 g/mol. The van der Waals surface area contributed by atoms with Crippen molar-refractivity contribution in [3.05, 3.63) is 174 Å². The highest BCUT2D eigenvalue weighted by Gasteiger charge is 2.49. The van der Waals surface area contributed by atoms with Gasteiger partial charge in [-0.2, -0.15) is 0 Å². The Morgan fingerprint density at radius 3 is 1.66 bits per heavy atom. The van der Waals surface area contributed by atoms with Gasteiger partial charge < -0.3 is 0 Å². The van der Waals surface area contributed by atoms with Crippen LogP contribution in [0.15, 0.2) is 152 Å². The minimum atomic E-state index is -0.729. The van der Waals surface area contributed by atoms with Gasteiger partial charge in [0.25, 0.3) is 0 Å². The number of hydrogen-bond acceptors (Lipinski definition) is 3. The number of benzene rings is 6. The molecule has 1 heterocycles. The molecule has 1 aliphatic rings. The van der Waals surface area contributed by atoms with Gasteiger partial charge >= 0.3 is 0 Å². The third-order valence-corrected chi connectivity index (χ3v) is 8.18. The molecule has 0 amide bonds. The molecule has 1 aromatic heterocycles. The SMILES string of the molecule is c1ccc(-c2nc(-c3ccccc3)nc(C3(c4ccccc4)c4ccccc4-c4c3ccc3ccccc43)n2)cc1. The van der Waals surface area contributed by atoms with E-state index in [4.69, 9.17) is 15.0 Å². The van der Waals surface area contributed by atoms with Crippen molar-refractivity contribution in [3.8, 4) is 33.9 Å². The van der Waals surface area contributed by atoms with E-state index < -0.39 is 5.41 Å². The van der Waals surface area contributed by atoms with E-state index in [0.29, 0.717) is 11.6 Å². The van der Waals surface area contributed by atoms with E-state index in [0.717, 1.165) is 22.5 Å². The third kappa shape index (κ3) is 3.56. The molecule has 7 aromatic rings. The van der Waals surface area contributed by atoms with Crippen LogP contribution in [0.5, 0.6) is 0 Å². The molecule has 192 valence electrons. The summed E-state index contributed by atoms with van der Waals surface area (Å²) in [6.07, 6.45) is 0. The Morgan fingerprint density at radius 2 is 0.976 bits per heavy atom. The van der Waals surface area contributed by atoms with Crippen LogP contribution < -0.4 is 0 Å². The van der Waals surface area contributed by atoms with E-state index in [2.05, 4.69) is 115 Å². The fraction of sp³-hybridized carbons (Fsp3) is 0.0263. The smallest absolute Gasteiger partial charge is 0.163 e. The Balaban J connectivity index is 1.54. The number of fused-ring (bicyclic) bond motifs is 5. The third-order valence-electron chi connectivity index (χ3n) is 8.18. The van der Waals surface area contributed by atoms with Crippen LogP contribution in [0.4, 0.5) is 0 Å². The lowest BCUT2D eigenvalue weighted by atomic mass is 9.71. The maximum Gasteiger partial charge on any atom is 0.163 e. The molecule has 1 unspecified atom stereocenters. The quantitative estimate of drug-likeness (QED) is 0.232. The van der Waals surface area contributed by atoms with E-state index >= 15 is 0 Å². The molecule has 0 fully saturated rings. The summed E-state index contributed by atoms with van der Waals surface area (Å²) in [5.74, 6) is 2.05. The lowest BCUT2D eigenvalue weighted by Gasteiger charge is -2.32. The summed E-state index contributed by atoms with van der Waals surface area (Å²) in [5, 5.41) is 2.45. The van der Waals surface area contributed by atoms with Crippen LogP contribution in [0, 0.1) is 0 Å². The largest absolute Gasteiger partial charge is 0.211 e. The van der Waals surface area contributed by atoms with Crippen LogP contribution in [-0.2, 0) is 5.41 Å². The highest BCUT2D eigenvalue weighted by atomic mass is 15.0. The Morgan fingerprint density at radius 1 is 0.415 bits per heavy atom. The minimum absolute atomic E-state index is 0.663. The highest BCUT2D eigenvalue weighted by Crippen LogP contribution is 2.57. The fourth-order valence-electron chi connectivity index (χ4n) is 6.39. The van der Waals surface area contributed by atoms with Gasteiger partial charge in [-0.1, -0.05) is 152 Å². The Labute approximate surface area is 238 Å². The zero-order valence-electron chi connectivity index (χ0n) is 22.3. The normalized spacial score (nSPS) is 15.4. The molecule has 3 nitrogen and oxygen atoms in total. The van der Waals surface area contributed by atoms with E-state index in [1.54, 1.807) is 0 Å². The van der Waals surface area contributed by atoms with Crippen molar-refractivity contribution < 1.29 is 0 Å². The number of hydrogen-bond donors (Lipinski definition) is 0. The van der Waals surface area contributed by atoms with Crippen LogP contribution >= 0.6 is 0 Å². The van der Waals surface area contributed by atoms with Crippen molar-refractivity contribution in [3.63, 3.8) is 0 Å². The van der Waals surface area contributed by atoms with Crippen molar-refractivity contribution in [1.82, 2.24) is 15.0 Å². The van der Waals surface area contributed by atoms with Gasteiger partial charge in [0.15, 0.2) is 17.5 Å². The maximum absolute atomic E-state index is 5.32. The fourth-order valence-corrected chi connectivity index (χ4v) is 6.39. The second-order valence-electron chi connectivity index (χ2n) is 10.4. The molecule has 8 rings (SSSR count). The van der Waals surface area contributed by atoms with Crippen molar-refractivity contribution in [2.24, 2.45) is 0 Å². The molecule has 3 heteroatoms. The average Bonchev–Trinajstić information content (AvgIpc) is 3.37. The summed E-state index contributed by atoms with van der Waals surface area (Å²) in [6, 6.07) is 53.0. The predicted molar refractivity (Wildman–Crippen MR) is 166 cm³/mol. The van der Waals surface area contributed by atoms with Gasteiger partial charge in [-0.15, -0.1) is 0 Å². The first-order valence-corrected chi connectivity index (χ1v) is 13.9. The van der Waals surface area contributed by atoms with Gasteiger partial charge in [0, 0.05) is 11.1 Å². The van der Waals surface area contributed by atoms with Crippen LogP contribution in [0.2, 0.25) is 0 Å². The number of aromatic nitrogens is 3. The molecule has 1 aliphatic carbocycles. The van der Waals surface area contributed by atoms with Gasteiger partial charge in [0.2, 0.25) is 0 Å². The first-order valence-electron chi connectivity index (χ1n) is 13.9. The van der Waals surface area contributed by atoms with Gasteiger partial charge in [-0.25, -0.2) is 15.0 Å². The van der Waals surface area contributed by atoms with Crippen molar-refractivity contribution >= 4 is 10.8 Å². The Bertz CT molecular complexity index is 1980. The van der Waals surface area contributed by atoms with E-state index in [9.17, 15) is 0 Å². The second-order valence-corrected chi connectivity index (χ2v) is 10.4. The van der Waals surface area contributed by atoms with E-state index in [-0.39, 0.29) is 0 Å². The second kappa shape index (κ2) is 9.35. The number of nitrogens with zero attached hydrogens (tertiary/aromatic N) is 3. The lowest BCUT2D eigenvalue weighted by Crippen LogP contribution is -2.31. The summed E-state index contributed by atoms with van der Waals surface area (Å²) in [7, 11) is 0. The first kappa shape index (κ1) is 23.5. The first-order chi connectivity index (χ1) is 20.3. The monoisotopic (exact) mass is 523 g/mol. The molecule has 0 spiro atoms. The molecule has 1 atom stereocenters. The Kier molecular flexibility index (Phi) is 5.36. The molecule has 0 saturated heterocycles. The molecule has 6 aromatic carbocycles. The van der Waals surface area contributed by atoms with E-state index in [1.165, 1.54) is 33.0 Å². The van der Waals surface area contributed by atoms with Gasteiger partial charge in [-0.05, 0) is 38.6 Å². The topological polar surface area (TPSA) is 38.7 Å². The molecule has 0 saturated carbocycles. The molecule has 0 bridgehead atoms. The molecule has 0 radical (unpaired) electrons. The van der Waals surface area contributed by atoms with E-state index in [1.807, 2.05) is 36.4 Å². The van der Waals surface area contributed by atoms with Crippen LogP contribution in [-0.4, -0.2) is 15.0 Å². The maximum atomic E-state index is 5.32. The summed E-state index contributed by atoms with van der Waals surface area (Å²) < 4.78 is 0. The van der Waals surface area contributed by atoms with Crippen molar-refractivity contribution in [2.45, 2.75) is 5.41 Å². The zero-order chi connectivity index (χ0) is 27.2. The molecule has 41 heavy (non-hydrogen) atoms. The molecule has 0 aliphatic heterocycles. The summed E-state index contributed by atoms with van der Waals surface area (Å²) in [6.45, 7) is 0. The lowest BCUT2D eigenvalue weighted by molar-refractivity contribution is 0.692. The minimum Gasteiger partial charge on any atom is -0.211 e. The standard InChI is InChI=1S/C38H25N3/c1-4-15-27(16-5-1)35-39-36(28-17-6-2-7-18-28)41-37(40-35)38(29-19-8-3-9-20-29)32-23-13-12-22-31(32)34-30-21-11-10-14-26(30)24-25-33(34)38/h1-25H.